The van der Waals surface area contributed by atoms with Crippen LogP contribution >= 0.6 is 0 Å². The predicted octanol–water partition coefficient (Wildman–Crippen LogP) is 4.06. The van der Waals surface area contributed by atoms with Gasteiger partial charge in [0.2, 0.25) is 0 Å². The standard InChI is InChI=1S/C28H28FNO6/c1-16-15-21-25(26(31)22(16)27(32)34-3)24(19-11-7-8-12-20(19)29)23(17(2)30-21)28(33)36-14-13-35-18-9-5-4-6-10-18/h4-12,16,22,24,30H,13-15H2,1-3H3/t16-,22-,24-/m1/s1. The van der Waals surface area contributed by atoms with Crippen LogP contribution in [0.2, 0.25) is 0 Å². The summed E-state index contributed by atoms with van der Waals surface area (Å²) in [5.74, 6) is -4.16. The van der Waals surface area contributed by atoms with Gasteiger partial charge < -0.3 is 19.5 Å². The van der Waals surface area contributed by atoms with Crippen LogP contribution in [0.3, 0.4) is 0 Å². The van der Waals surface area contributed by atoms with E-state index in [2.05, 4.69) is 5.32 Å². The van der Waals surface area contributed by atoms with Crippen molar-refractivity contribution in [1.29, 1.82) is 0 Å². The smallest absolute Gasteiger partial charge is 0.336 e. The Morgan fingerprint density at radius 2 is 1.75 bits per heavy atom. The first-order valence-corrected chi connectivity index (χ1v) is 11.8. The number of hydrogen-bond donors (Lipinski definition) is 1. The van der Waals surface area contributed by atoms with Crippen molar-refractivity contribution in [2.45, 2.75) is 26.2 Å². The van der Waals surface area contributed by atoms with Gasteiger partial charge in [-0.05, 0) is 37.5 Å². The Bertz CT molecular complexity index is 1240. The summed E-state index contributed by atoms with van der Waals surface area (Å²) >= 11 is 0. The third-order valence-electron chi connectivity index (χ3n) is 6.51. The average Bonchev–Trinajstić information content (AvgIpc) is 2.86. The normalized spacial score (nSPS) is 21.4. The highest BCUT2D eigenvalue weighted by Crippen LogP contribution is 2.46. The largest absolute Gasteiger partial charge is 0.490 e. The zero-order chi connectivity index (χ0) is 25.8. The number of ether oxygens (including phenoxy) is 3. The molecule has 7 nitrogen and oxygen atoms in total. The number of halogens is 1. The number of benzene rings is 2. The Morgan fingerprint density at radius 3 is 2.44 bits per heavy atom. The van der Waals surface area contributed by atoms with Crippen molar-refractivity contribution >= 4 is 17.7 Å². The van der Waals surface area contributed by atoms with E-state index in [1.807, 2.05) is 18.2 Å². The molecule has 0 bridgehead atoms. The number of carbonyl (C=O) groups excluding carboxylic acids is 3. The lowest BCUT2D eigenvalue weighted by Crippen LogP contribution is -2.43. The highest BCUT2D eigenvalue weighted by molar-refractivity contribution is 6.12. The average molecular weight is 494 g/mol. The zero-order valence-corrected chi connectivity index (χ0v) is 20.4. The van der Waals surface area contributed by atoms with Crippen LogP contribution in [0.1, 0.15) is 31.7 Å². The molecule has 1 heterocycles. The summed E-state index contributed by atoms with van der Waals surface area (Å²) in [7, 11) is 1.23. The maximum absolute atomic E-state index is 15.1. The van der Waals surface area contributed by atoms with Gasteiger partial charge in [-0.1, -0.05) is 43.3 Å². The second-order valence-electron chi connectivity index (χ2n) is 8.85. The number of carbonyl (C=O) groups is 3. The van der Waals surface area contributed by atoms with Crippen molar-refractivity contribution in [2.24, 2.45) is 11.8 Å². The fraction of sp³-hybridized carbons (Fsp3) is 0.321. The minimum atomic E-state index is -1.04. The number of hydrogen-bond acceptors (Lipinski definition) is 7. The summed E-state index contributed by atoms with van der Waals surface area (Å²) in [4.78, 5) is 39.4. The minimum Gasteiger partial charge on any atom is -0.490 e. The van der Waals surface area contributed by atoms with Gasteiger partial charge in [0.1, 0.15) is 30.7 Å². The molecule has 36 heavy (non-hydrogen) atoms. The molecule has 3 atom stereocenters. The molecule has 188 valence electrons. The molecule has 1 aliphatic carbocycles. The van der Waals surface area contributed by atoms with Gasteiger partial charge >= 0.3 is 11.9 Å². The van der Waals surface area contributed by atoms with Crippen LogP contribution in [0.25, 0.3) is 0 Å². The van der Waals surface area contributed by atoms with Gasteiger partial charge in [0, 0.05) is 22.5 Å². The number of dihydropyridines is 1. The summed E-state index contributed by atoms with van der Waals surface area (Å²) in [5, 5.41) is 3.15. The third kappa shape index (κ3) is 4.89. The number of para-hydroxylation sites is 1. The summed E-state index contributed by atoms with van der Waals surface area (Å²) < 4.78 is 31.0. The third-order valence-corrected chi connectivity index (χ3v) is 6.51. The maximum atomic E-state index is 15.1. The molecule has 0 saturated carbocycles. The van der Waals surface area contributed by atoms with Gasteiger partial charge in [-0.25, -0.2) is 9.18 Å². The fourth-order valence-corrected chi connectivity index (χ4v) is 4.86. The molecule has 8 heteroatoms. The van der Waals surface area contributed by atoms with Crippen molar-refractivity contribution < 1.29 is 33.0 Å². The van der Waals surface area contributed by atoms with Crippen LogP contribution < -0.4 is 10.1 Å². The van der Waals surface area contributed by atoms with E-state index in [0.29, 0.717) is 23.6 Å². The molecule has 0 aromatic heterocycles. The van der Waals surface area contributed by atoms with Crippen LogP contribution in [0.5, 0.6) is 5.75 Å². The molecular weight excluding hydrogens is 465 g/mol. The summed E-state index contributed by atoms with van der Waals surface area (Å²) in [6.45, 7) is 3.56. The molecule has 0 spiro atoms. The number of Topliss-reactive ketones (excluding diaryl/α,β-unsaturated/α-hetero) is 1. The molecule has 0 amide bonds. The fourth-order valence-electron chi connectivity index (χ4n) is 4.86. The quantitative estimate of drug-likeness (QED) is 0.353. The molecule has 0 saturated heterocycles. The molecule has 0 fully saturated rings. The number of esters is 2. The highest BCUT2D eigenvalue weighted by atomic mass is 19.1. The van der Waals surface area contributed by atoms with Crippen LogP contribution in [0.15, 0.2) is 77.1 Å². The van der Waals surface area contributed by atoms with E-state index in [9.17, 15) is 14.4 Å². The number of rotatable bonds is 7. The lowest BCUT2D eigenvalue weighted by molar-refractivity contribution is -0.151. The second kappa shape index (κ2) is 10.8. The molecule has 1 aliphatic heterocycles. The minimum absolute atomic E-state index is 0.0455. The van der Waals surface area contributed by atoms with Crippen LogP contribution in [0.4, 0.5) is 4.39 Å². The molecule has 0 radical (unpaired) electrons. The SMILES string of the molecule is COC(=O)[C@H]1C(=O)C2=C(C[C@H]1C)NC(C)=C(C(=O)OCCOc1ccccc1)[C@H]2c1ccccc1F. The van der Waals surface area contributed by atoms with Crippen molar-refractivity contribution in [3.63, 3.8) is 0 Å². The highest BCUT2D eigenvalue weighted by Gasteiger charge is 2.47. The van der Waals surface area contributed by atoms with E-state index in [0.717, 1.165) is 0 Å². The van der Waals surface area contributed by atoms with Gasteiger partial charge in [0.05, 0.1) is 18.6 Å². The predicted molar refractivity (Wildman–Crippen MR) is 129 cm³/mol. The number of nitrogens with one attached hydrogen (secondary N) is 1. The monoisotopic (exact) mass is 493 g/mol. The molecule has 1 N–H and O–H groups in total. The van der Waals surface area contributed by atoms with E-state index >= 15 is 4.39 Å². The van der Waals surface area contributed by atoms with Crippen molar-refractivity contribution in [3.8, 4) is 5.75 Å². The maximum Gasteiger partial charge on any atom is 0.336 e. The van der Waals surface area contributed by atoms with Gasteiger partial charge in [-0.15, -0.1) is 0 Å². The van der Waals surface area contributed by atoms with Gasteiger partial charge in [-0.2, -0.15) is 0 Å². The molecule has 2 aromatic carbocycles. The summed E-state index contributed by atoms with van der Waals surface area (Å²) in [6.07, 6.45) is 0.371. The molecule has 0 unspecified atom stereocenters. The van der Waals surface area contributed by atoms with Gasteiger partial charge in [0.25, 0.3) is 0 Å². The van der Waals surface area contributed by atoms with E-state index in [1.54, 1.807) is 32.0 Å². The van der Waals surface area contributed by atoms with Crippen molar-refractivity contribution in [3.05, 3.63) is 88.5 Å². The first-order valence-electron chi connectivity index (χ1n) is 11.8. The number of methoxy groups -OCH3 is 1. The Kier molecular flexibility index (Phi) is 7.52. The molecule has 2 aliphatic rings. The topological polar surface area (TPSA) is 90.9 Å². The molecule has 2 aromatic rings. The lowest BCUT2D eigenvalue weighted by Gasteiger charge is -2.38. The van der Waals surface area contributed by atoms with E-state index in [1.165, 1.54) is 25.3 Å². The van der Waals surface area contributed by atoms with Gasteiger partial charge in [0.15, 0.2) is 5.78 Å². The summed E-state index contributed by atoms with van der Waals surface area (Å²) in [6, 6.07) is 15.1. The molecular formula is C28H28FNO6. The van der Waals surface area contributed by atoms with E-state index in [-0.39, 0.29) is 35.8 Å². The van der Waals surface area contributed by atoms with Crippen LogP contribution in [-0.4, -0.2) is 38.0 Å². The Hall–Kier alpha value is -3.94. The zero-order valence-electron chi connectivity index (χ0n) is 20.4. The molecule has 4 rings (SSSR count). The first kappa shape index (κ1) is 25.2. The second-order valence-corrected chi connectivity index (χ2v) is 8.85. The summed E-state index contributed by atoms with van der Waals surface area (Å²) in [5.41, 5.74) is 1.50. The lowest BCUT2D eigenvalue weighted by atomic mass is 9.69. The van der Waals surface area contributed by atoms with E-state index < -0.39 is 35.4 Å². The Morgan fingerprint density at radius 1 is 1.06 bits per heavy atom. The first-order chi connectivity index (χ1) is 17.3. The number of ketones is 1. The van der Waals surface area contributed by atoms with Crippen molar-refractivity contribution in [2.75, 3.05) is 20.3 Å². The van der Waals surface area contributed by atoms with E-state index in [4.69, 9.17) is 14.2 Å². The van der Waals surface area contributed by atoms with Gasteiger partial charge in [-0.3, -0.25) is 9.59 Å². The van der Waals surface area contributed by atoms with Crippen LogP contribution in [-0.2, 0) is 23.9 Å². The number of allylic oxidation sites excluding steroid dienone is 3. The van der Waals surface area contributed by atoms with Crippen molar-refractivity contribution in [1.82, 2.24) is 5.32 Å². The Labute approximate surface area is 208 Å². The van der Waals surface area contributed by atoms with Crippen LogP contribution in [0, 0.1) is 17.7 Å². The Balaban J connectivity index is 1.65.